The number of nitrogens with zero attached hydrogens (tertiary/aromatic N) is 1. The summed E-state index contributed by atoms with van der Waals surface area (Å²) >= 11 is 0. The first-order valence-corrected chi connectivity index (χ1v) is 4.89. The van der Waals surface area contributed by atoms with E-state index in [4.69, 9.17) is 21.3 Å². The van der Waals surface area contributed by atoms with E-state index in [2.05, 4.69) is 4.99 Å². The molecule has 0 unspecified atom stereocenters. The van der Waals surface area contributed by atoms with Gasteiger partial charge in [0.05, 0.1) is 0 Å². The van der Waals surface area contributed by atoms with Gasteiger partial charge in [-0.05, 0) is 6.42 Å². The highest BCUT2D eigenvalue weighted by Gasteiger charge is 2.09. The average molecular weight is 196 g/mol. The summed E-state index contributed by atoms with van der Waals surface area (Å²) in [6, 6.07) is 0. The van der Waals surface area contributed by atoms with Crippen molar-refractivity contribution in [2.24, 2.45) is 16.5 Å². The van der Waals surface area contributed by atoms with Crippen LogP contribution < -0.4 is 16.6 Å². The van der Waals surface area contributed by atoms with Crippen molar-refractivity contribution in [1.29, 1.82) is 0 Å². The van der Waals surface area contributed by atoms with Crippen LogP contribution in [0.2, 0.25) is 0 Å². The molecule has 0 fully saturated rings. The van der Waals surface area contributed by atoms with Gasteiger partial charge >= 0.3 is 7.75 Å². The molecule has 0 heterocycles. The topological polar surface area (TPSA) is 134 Å². The SMILES string of the molecule is NC(N)=NCCCNP(=O)(O)O. The Hall–Kier alpha value is -0.620. The Balaban J connectivity index is 3.35. The summed E-state index contributed by atoms with van der Waals surface area (Å²) in [5, 5.41) is 2.01. The van der Waals surface area contributed by atoms with Gasteiger partial charge in [0.1, 0.15) is 0 Å². The van der Waals surface area contributed by atoms with Gasteiger partial charge in [-0.25, -0.2) is 9.65 Å². The fourth-order valence-corrected chi connectivity index (χ4v) is 0.961. The Morgan fingerprint density at radius 2 is 2.08 bits per heavy atom. The fraction of sp³-hybridized carbons (Fsp3) is 0.750. The maximum atomic E-state index is 10.2. The van der Waals surface area contributed by atoms with Crippen molar-refractivity contribution >= 4 is 13.7 Å². The molecular formula is C4H13N4O3P. The van der Waals surface area contributed by atoms with E-state index in [1.165, 1.54) is 0 Å². The first kappa shape index (κ1) is 11.4. The number of guanidine groups is 1. The van der Waals surface area contributed by atoms with Crippen LogP contribution in [-0.4, -0.2) is 28.8 Å². The lowest BCUT2D eigenvalue weighted by Crippen LogP contribution is -2.23. The van der Waals surface area contributed by atoms with Crippen molar-refractivity contribution in [3.63, 3.8) is 0 Å². The molecule has 0 aliphatic carbocycles. The zero-order valence-corrected chi connectivity index (χ0v) is 7.37. The average Bonchev–Trinajstić information content (AvgIpc) is 1.83. The lowest BCUT2D eigenvalue weighted by atomic mass is 10.4. The van der Waals surface area contributed by atoms with Crippen LogP contribution >= 0.6 is 7.75 Å². The van der Waals surface area contributed by atoms with Crippen molar-refractivity contribution in [3.05, 3.63) is 0 Å². The van der Waals surface area contributed by atoms with Gasteiger partial charge in [-0.15, -0.1) is 0 Å². The number of nitrogens with two attached hydrogens (primary N) is 2. The molecule has 0 aromatic heterocycles. The molecule has 12 heavy (non-hydrogen) atoms. The summed E-state index contributed by atoms with van der Waals surface area (Å²) in [5.74, 6) is -0.0221. The normalized spacial score (nSPS) is 11.2. The van der Waals surface area contributed by atoms with E-state index in [9.17, 15) is 4.57 Å². The molecule has 0 aromatic rings. The highest BCUT2D eigenvalue weighted by atomic mass is 31.2. The first-order valence-electron chi connectivity index (χ1n) is 3.28. The third-order valence-corrected chi connectivity index (χ3v) is 1.58. The van der Waals surface area contributed by atoms with Crippen molar-refractivity contribution in [2.75, 3.05) is 13.1 Å². The Bertz CT molecular complexity index is 196. The highest BCUT2D eigenvalue weighted by Crippen LogP contribution is 2.27. The standard InChI is InChI=1S/C4H13N4O3P/c5-4(6)7-2-1-3-8-12(9,10)11/h1-3H2,(H4,5,6,7)(H3,8,9,10,11). The van der Waals surface area contributed by atoms with Crippen LogP contribution in [0.4, 0.5) is 0 Å². The van der Waals surface area contributed by atoms with E-state index in [0.29, 0.717) is 13.0 Å². The summed E-state index contributed by atoms with van der Waals surface area (Å²) in [6.07, 6.45) is 0.475. The second-order valence-corrected chi connectivity index (χ2v) is 3.52. The molecule has 0 aromatic carbocycles. The number of aliphatic imine (C=N–C) groups is 1. The highest BCUT2D eigenvalue weighted by molar-refractivity contribution is 7.49. The molecule has 0 spiro atoms. The Morgan fingerprint density at radius 3 is 2.50 bits per heavy atom. The minimum atomic E-state index is -4.09. The molecular weight excluding hydrogens is 183 g/mol. The predicted octanol–water partition coefficient (Wildman–Crippen LogP) is -1.67. The summed E-state index contributed by atoms with van der Waals surface area (Å²) in [7, 11) is -4.09. The molecule has 0 saturated carbocycles. The number of rotatable bonds is 5. The minimum absolute atomic E-state index is 0.0221. The van der Waals surface area contributed by atoms with Crippen molar-refractivity contribution in [1.82, 2.24) is 5.09 Å². The lowest BCUT2D eigenvalue weighted by Gasteiger charge is -2.03. The number of nitrogens with one attached hydrogen (secondary N) is 1. The monoisotopic (exact) mass is 196 g/mol. The smallest absolute Gasteiger partial charge is 0.370 e. The van der Waals surface area contributed by atoms with Crippen LogP contribution in [0.25, 0.3) is 0 Å². The van der Waals surface area contributed by atoms with E-state index >= 15 is 0 Å². The maximum absolute atomic E-state index is 10.2. The van der Waals surface area contributed by atoms with Gasteiger partial charge in [0, 0.05) is 13.1 Å². The molecule has 7 N–H and O–H groups in total. The number of hydrogen-bond donors (Lipinski definition) is 5. The van der Waals surface area contributed by atoms with Crippen LogP contribution in [0, 0.1) is 0 Å². The summed E-state index contributed by atoms with van der Waals surface area (Å²) in [4.78, 5) is 20.3. The van der Waals surface area contributed by atoms with Crippen LogP contribution in [0.1, 0.15) is 6.42 Å². The molecule has 0 atom stereocenters. The van der Waals surface area contributed by atoms with Crippen LogP contribution in [0.15, 0.2) is 4.99 Å². The van der Waals surface area contributed by atoms with Crippen molar-refractivity contribution in [3.8, 4) is 0 Å². The first-order chi connectivity index (χ1) is 5.42. The van der Waals surface area contributed by atoms with Gasteiger partial charge in [0.25, 0.3) is 0 Å². The Labute approximate surface area is 70.1 Å². The molecule has 0 rings (SSSR count). The minimum Gasteiger partial charge on any atom is -0.370 e. The lowest BCUT2D eigenvalue weighted by molar-refractivity contribution is 0.357. The Morgan fingerprint density at radius 1 is 1.50 bits per heavy atom. The third-order valence-electron chi connectivity index (χ3n) is 0.947. The zero-order valence-electron chi connectivity index (χ0n) is 6.47. The molecule has 0 saturated heterocycles. The van der Waals surface area contributed by atoms with E-state index in [1.54, 1.807) is 0 Å². The Kier molecular flexibility index (Phi) is 4.84. The quantitative estimate of drug-likeness (QED) is 0.154. The van der Waals surface area contributed by atoms with E-state index in [0.717, 1.165) is 0 Å². The van der Waals surface area contributed by atoms with Crippen LogP contribution in [-0.2, 0) is 4.57 Å². The second-order valence-electron chi connectivity index (χ2n) is 2.11. The predicted molar refractivity (Wildman–Crippen MR) is 45.3 cm³/mol. The van der Waals surface area contributed by atoms with Crippen LogP contribution in [0.3, 0.4) is 0 Å². The van der Waals surface area contributed by atoms with Gasteiger partial charge in [-0.3, -0.25) is 4.99 Å². The fourth-order valence-electron chi connectivity index (χ4n) is 0.512. The summed E-state index contributed by atoms with van der Waals surface area (Å²) < 4.78 is 10.2. The summed E-state index contributed by atoms with van der Waals surface area (Å²) in [5.41, 5.74) is 10.0. The maximum Gasteiger partial charge on any atom is 0.400 e. The molecule has 7 nitrogen and oxygen atoms in total. The van der Waals surface area contributed by atoms with Crippen molar-refractivity contribution < 1.29 is 14.4 Å². The van der Waals surface area contributed by atoms with E-state index in [1.807, 2.05) is 5.09 Å². The van der Waals surface area contributed by atoms with Gasteiger partial charge in [0.15, 0.2) is 5.96 Å². The van der Waals surface area contributed by atoms with E-state index < -0.39 is 7.75 Å². The van der Waals surface area contributed by atoms with Crippen molar-refractivity contribution in [2.45, 2.75) is 6.42 Å². The number of hydrogen-bond acceptors (Lipinski definition) is 2. The molecule has 72 valence electrons. The van der Waals surface area contributed by atoms with E-state index in [-0.39, 0.29) is 12.5 Å². The molecule has 0 radical (unpaired) electrons. The molecule has 0 bridgehead atoms. The largest absolute Gasteiger partial charge is 0.400 e. The molecule has 0 aliphatic heterocycles. The van der Waals surface area contributed by atoms with Gasteiger partial charge in [-0.2, -0.15) is 0 Å². The van der Waals surface area contributed by atoms with Gasteiger partial charge < -0.3 is 21.3 Å². The molecule has 0 aliphatic rings. The zero-order chi connectivity index (χ0) is 9.61. The second kappa shape index (κ2) is 5.10. The van der Waals surface area contributed by atoms with Crippen LogP contribution in [0.5, 0.6) is 0 Å². The third kappa shape index (κ3) is 9.38. The molecule has 8 heteroatoms. The van der Waals surface area contributed by atoms with Gasteiger partial charge in [-0.1, -0.05) is 0 Å². The molecule has 0 amide bonds. The van der Waals surface area contributed by atoms with Gasteiger partial charge in [0.2, 0.25) is 0 Å². The summed E-state index contributed by atoms with van der Waals surface area (Å²) in [6.45, 7) is 0.538.